The van der Waals surface area contributed by atoms with Gasteiger partial charge < -0.3 is 0 Å². The molecule has 1 nitrogen and oxygen atoms in total. The molecule has 0 atom stereocenters. The van der Waals surface area contributed by atoms with Crippen molar-refractivity contribution in [1.82, 2.24) is 0 Å². The van der Waals surface area contributed by atoms with E-state index in [1.54, 1.807) is 6.08 Å². The third-order valence-electron chi connectivity index (χ3n) is 10.8. The highest BCUT2D eigenvalue weighted by Gasteiger charge is 2.47. The number of rotatable bonds is 7. The highest BCUT2D eigenvalue weighted by molar-refractivity contribution is 6.10. The lowest BCUT2D eigenvalue weighted by atomic mass is 9.67. The van der Waals surface area contributed by atoms with Gasteiger partial charge in [-0.15, -0.1) is 0 Å². The Labute approximate surface area is 305 Å². The summed E-state index contributed by atoms with van der Waals surface area (Å²) in [6.45, 7) is 3.80. The lowest BCUT2D eigenvalue weighted by Gasteiger charge is -2.34. The van der Waals surface area contributed by atoms with Gasteiger partial charge in [0.15, 0.2) is 0 Å². The molecule has 9 rings (SSSR count). The molecule has 0 radical (unpaired) electrons. The fourth-order valence-electron chi connectivity index (χ4n) is 8.40. The summed E-state index contributed by atoms with van der Waals surface area (Å²) in [6.07, 6.45) is 4.23. The van der Waals surface area contributed by atoms with Gasteiger partial charge in [-0.05, 0) is 107 Å². The number of benzene rings is 8. The molecule has 0 aliphatic heterocycles. The van der Waals surface area contributed by atoms with Crippen molar-refractivity contribution in [2.45, 2.75) is 11.8 Å². The third kappa shape index (κ3) is 5.00. The van der Waals surface area contributed by atoms with Gasteiger partial charge in [-0.3, -0.25) is 0 Å². The molecule has 52 heavy (non-hydrogen) atoms. The molecule has 244 valence electrons. The summed E-state index contributed by atoms with van der Waals surface area (Å²) >= 11 is 0. The first-order chi connectivity index (χ1) is 25.7. The van der Waals surface area contributed by atoms with Gasteiger partial charge in [0.25, 0.3) is 0 Å². The van der Waals surface area contributed by atoms with Crippen molar-refractivity contribution < 1.29 is 0 Å². The van der Waals surface area contributed by atoms with Crippen LogP contribution in [-0.2, 0) is 11.8 Å². The maximum atomic E-state index is 9.49. The minimum Gasteiger partial charge on any atom is -0.192 e. The molecule has 1 aliphatic carbocycles. The van der Waals surface area contributed by atoms with E-state index in [-0.39, 0.29) is 0 Å². The number of fused-ring (bicyclic) bond motifs is 6. The van der Waals surface area contributed by atoms with E-state index in [0.29, 0.717) is 12.0 Å². The van der Waals surface area contributed by atoms with Gasteiger partial charge >= 0.3 is 0 Å². The van der Waals surface area contributed by atoms with E-state index in [1.807, 2.05) is 6.08 Å². The van der Waals surface area contributed by atoms with Crippen molar-refractivity contribution in [3.8, 4) is 39.4 Å². The normalized spacial score (nSPS) is 13.0. The van der Waals surface area contributed by atoms with Crippen LogP contribution in [0.1, 0.15) is 27.8 Å². The standard InChI is InChI=1S/C51H35N/c1-2-35(34-52)24-25-36-14-13-17-41(30-36)47-33-49-50(45-23-12-11-22-44(45)47)46-29-28-40(39-27-26-37-15-9-10-16-38(37)31-39)32-48(46)51(49,42-18-5-3-6-19-42)43-20-7-4-8-21-43/h2-24,26-33H,1,25H2/b35-24+. The zero-order valence-corrected chi connectivity index (χ0v) is 28.8. The van der Waals surface area contributed by atoms with Crippen LogP contribution in [0.2, 0.25) is 0 Å². The summed E-state index contributed by atoms with van der Waals surface area (Å²) in [7, 11) is 0. The summed E-state index contributed by atoms with van der Waals surface area (Å²) in [5.74, 6) is 0. The molecule has 0 N–H and O–H groups in total. The Morgan fingerprint density at radius 1 is 0.538 bits per heavy atom. The van der Waals surface area contributed by atoms with Crippen LogP contribution in [0, 0.1) is 11.3 Å². The number of allylic oxidation sites excluding steroid dienone is 3. The predicted molar refractivity (Wildman–Crippen MR) is 217 cm³/mol. The van der Waals surface area contributed by atoms with Gasteiger partial charge in [-0.1, -0.05) is 176 Å². The molecule has 0 fully saturated rings. The maximum Gasteiger partial charge on any atom is 0.0988 e. The van der Waals surface area contributed by atoms with E-state index in [2.05, 4.69) is 189 Å². The summed E-state index contributed by atoms with van der Waals surface area (Å²) in [5, 5.41) is 14.4. The van der Waals surface area contributed by atoms with E-state index in [4.69, 9.17) is 0 Å². The molecule has 1 heteroatoms. The Bertz CT molecular complexity index is 2690. The summed E-state index contributed by atoms with van der Waals surface area (Å²) in [5.41, 5.74) is 13.6. The maximum absolute atomic E-state index is 9.49. The van der Waals surface area contributed by atoms with Gasteiger partial charge in [-0.2, -0.15) is 5.26 Å². The average molecular weight is 662 g/mol. The molecular formula is C51H35N. The monoisotopic (exact) mass is 661 g/mol. The molecule has 8 aromatic rings. The van der Waals surface area contributed by atoms with Crippen LogP contribution in [0.15, 0.2) is 200 Å². The Kier molecular flexibility index (Phi) is 7.72. The van der Waals surface area contributed by atoms with Crippen molar-refractivity contribution in [1.29, 1.82) is 5.26 Å². The predicted octanol–water partition coefficient (Wildman–Crippen LogP) is 12.9. The molecule has 0 aromatic heterocycles. The quantitative estimate of drug-likeness (QED) is 0.123. The Hall–Kier alpha value is -6.75. The van der Waals surface area contributed by atoms with Gasteiger partial charge in [0.1, 0.15) is 0 Å². The first-order valence-electron chi connectivity index (χ1n) is 17.8. The molecule has 0 saturated heterocycles. The Morgan fingerprint density at radius 3 is 1.92 bits per heavy atom. The Morgan fingerprint density at radius 2 is 1.19 bits per heavy atom. The second-order valence-corrected chi connectivity index (χ2v) is 13.6. The average Bonchev–Trinajstić information content (AvgIpc) is 3.52. The van der Waals surface area contributed by atoms with E-state index in [9.17, 15) is 5.26 Å². The first kappa shape index (κ1) is 31.2. The summed E-state index contributed by atoms with van der Waals surface area (Å²) in [4.78, 5) is 0. The molecular weight excluding hydrogens is 627 g/mol. The van der Waals surface area contributed by atoms with Crippen LogP contribution in [0.4, 0.5) is 0 Å². The highest BCUT2D eigenvalue weighted by Crippen LogP contribution is 2.59. The van der Waals surface area contributed by atoms with Crippen molar-refractivity contribution in [3.63, 3.8) is 0 Å². The van der Waals surface area contributed by atoms with Crippen molar-refractivity contribution in [2.75, 3.05) is 0 Å². The molecule has 0 heterocycles. The molecule has 0 bridgehead atoms. The minimum atomic E-state index is -0.565. The number of hydrogen-bond acceptors (Lipinski definition) is 1. The molecule has 0 saturated carbocycles. The van der Waals surface area contributed by atoms with Gasteiger partial charge in [0, 0.05) is 5.57 Å². The second-order valence-electron chi connectivity index (χ2n) is 13.6. The number of hydrogen-bond donors (Lipinski definition) is 0. The van der Waals surface area contributed by atoms with Gasteiger partial charge in [-0.25, -0.2) is 0 Å². The molecule has 0 amide bonds. The molecule has 1 aliphatic rings. The number of nitrogens with zero attached hydrogens (tertiary/aromatic N) is 1. The number of nitriles is 1. The van der Waals surface area contributed by atoms with E-state index < -0.39 is 5.41 Å². The zero-order valence-electron chi connectivity index (χ0n) is 28.8. The zero-order chi connectivity index (χ0) is 35.1. The molecule has 8 aromatic carbocycles. The van der Waals surface area contributed by atoms with Crippen LogP contribution in [0.5, 0.6) is 0 Å². The van der Waals surface area contributed by atoms with Crippen LogP contribution in [0.3, 0.4) is 0 Å². The largest absolute Gasteiger partial charge is 0.192 e. The van der Waals surface area contributed by atoms with Gasteiger partial charge in [0.05, 0.1) is 11.5 Å². The molecule has 0 unspecified atom stereocenters. The lowest BCUT2D eigenvalue weighted by Crippen LogP contribution is -2.28. The third-order valence-corrected chi connectivity index (χ3v) is 10.8. The second kappa shape index (κ2) is 12.9. The van der Waals surface area contributed by atoms with Crippen LogP contribution in [-0.4, -0.2) is 0 Å². The fourth-order valence-corrected chi connectivity index (χ4v) is 8.40. The SMILES string of the molecule is C=C/C(C#N)=C\Cc1cccc(-c2cc3c(c4ccccc24)-c2ccc(-c4ccc5ccccc5c4)cc2C3(c2ccccc2)c2ccccc2)c1. The van der Waals surface area contributed by atoms with Crippen LogP contribution < -0.4 is 0 Å². The summed E-state index contributed by atoms with van der Waals surface area (Å²) in [6, 6.07) is 66.9. The lowest BCUT2D eigenvalue weighted by molar-refractivity contribution is 0.769. The van der Waals surface area contributed by atoms with Crippen molar-refractivity contribution in [3.05, 3.63) is 228 Å². The van der Waals surface area contributed by atoms with E-state index in [0.717, 1.165) is 11.1 Å². The van der Waals surface area contributed by atoms with Crippen molar-refractivity contribution >= 4 is 21.5 Å². The van der Waals surface area contributed by atoms with Crippen LogP contribution in [0.25, 0.3) is 54.9 Å². The van der Waals surface area contributed by atoms with Crippen molar-refractivity contribution in [2.24, 2.45) is 0 Å². The fraction of sp³-hybridized carbons (Fsp3) is 0.0392. The molecule has 0 spiro atoms. The summed E-state index contributed by atoms with van der Waals surface area (Å²) < 4.78 is 0. The van der Waals surface area contributed by atoms with E-state index >= 15 is 0 Å². The topological polar surface area (TPSA) is 23.8 Å². The smallest absolute Gasteiger partial charge is 0.0988 e. The first-order valence-corrected chi connectivity index (χ1v) is 17.8. The van der Waals surface area contributed by atoms with Gasteiger partial charge in [0.2, 0.25) is 0 Å². The highest BCUT2D eigenvalue weighted by atomic mass is 14.5. The van der Waals surface area contributed by atoms with Crippen LogP contribution >= 0.6 is 0 Å². The van der Waals surface area contributed by atoms with E-state index in [1.165, 1.54) is 71.6 Å². The minimum absolute atomic E-state index is 0.565. The Balaban J connectivity index is 1.35.